The van der Waals surface area contributed by atoms with E-state index in [4.69, 9.17) is 9.47 Å². The summed E-state index contributed by atoms with van der Waals surface area (Å²) in [4.78, 5) is 1.12. The molecule has 0 aromatic heterocycles. The third kappa shape index (κ3) is 4.11. The summed E-state index contributed by atoms with van der Waals surface area (Å²) >= 11 is 0. The number of hydrogen-bond acceptors (Lipinski definition) is 5. The predicted molar refractivity (Wildman–Crippen MR) is 101 cm³/mol. The number of quaternary nitrogens is 1. The predicted octanol–water partition coefficient (Wildman–Crippen LogP) is 0.772. The maximum atomic E-state index is 11.9. The molecular weight excluding hydrogens is 354 g/mol. The van der Waals surface area contributed by atoms with Crippen molar-refractivity contribution in [2.45, 2.75) is 19.0 Å². The number of sulfone groups is 1. The molecule has 1 aliphatic heterocycles. The molecule has 1 saturated heterocycles. The SMILES string of the molecule is COCC[NH+](Cc1c(O)ccc2ccc(OC)cc12)[C@H]1CCS(=O)(=O)C1. The van der Waals surface area contributed by atoms with Gasteiger partial charge in [0.2, 0.25) is 0 Å². The van der Waals surface area contributed by atoms with Gasteiger partial charge in [0.25, 0.3) is 0 Å². The van der Waals surface area contributed by atoms with Crippen molar-refractivity contribution >= 4 is 20.6 Å². The lowest BCUT2D eigenvalue weighted by Crippen LogP contribution is -3.15. The summed E-state index contributed by atoms with van der Waals surface area (Å²) in [7, 11) is 0.291. The normalized spacial score (nSPS) is 20.3. The van der Waals surface area contributed by atoms with Crippen LogP contribution in [0.3, 0.4) is 0 Å². The Morgan fingerprint density at radius 1 is 1.23 bits per heavy atom. The Labute approximate surface area is 154 Å². The number of nitrogens with one attached hydrogen (secondary N) is 1. The summed E-state index contributed by atoms with van der Waals surface area (Å²) in [5, 5.41) is 12.4. The smallest absolute Gasteiger partial charge is 0.156 e. The molecule has 142 valence electrons. The van der Waals surface area contributed by atoms with Crippen molar-refractivity contribution in [2.75, 3.05) is 38.9 Å². The van der Waals surface area contributed by atoms with E-state index < -0.39 is 9.84 Å². The van der Waals surface area contributed by atoms with E-state index in [-0.39, 0.29) is 23.3 Å². The second kappa shape index (κ2) is 7.82. The van der Waals surface area contributed by atoms with Crippen molar-refractivity contribution in [1.82, 2.24) is 0 Å². The van der Waals surface area contributed by atoms with Gasteiger partial charge >= 0.3 is 0 Å². The molecule has 3 rings (SSSR count). The number of ether oxygens (including phenoxy) is 2. The Morgan fingerprint density at radius 3 is 2.65 bits per heavy atom. The van der Waals surface area contributed by atoms with Gasteiger partial charge in [0.1, 0.15) is 36.4 Å². The van der Waals surface area contributed by atoms with Crippen LogP contribution in [0.15, 0.2) is 30.3 Å². The van der Waals surface area contributed by atoms with Crippen molar-refractivity contribution in [2.24, 2.45) is 0 Å². The van der Waals surface area contributed by atoms with Crippen LogP contribution in [0, 0.1) is 0 Å². The highest BCUT2D eigenvalue weighted by Gasteiger charge is 2.35. The molecule has 1 unspecified atom stereocenters. The second-order valence-corrected chi connectivity index (χ2v) is 9.06. The average molecular weight is 380 g/mol. The highest BCUT2D eigenvalue weighted by Crippen LogP contribution is 2.29. The fourth-order valence-corrected chi connectivity index (χ4v) is 5.50. The first-order chi connectivity index (χ1) is 12.4. The summed E-state index contributed by atoms with van der Waals surface area (Å²) in [6, 6.07) is 9.37. The van der Waals surface area contributed by atoms with Gasteiger partial charge in [-0.25, -0.2) is 8.42 Å². The standard InChI is InChI=1S/C19H25NO5S/c1-24-9-8-20(15-7-10-26(22,23)13-15)12-18-17-11-16(25-2)5-3-14(17)4-6-19(18)21/h3-6,11,15,21H,7-10,12-13H2,1-2H3/p+1/t15-/m0/s1. The molecule has 0 radical (unpaired) electrons. The lowest BCUT2D eigenvalue weighted by molar-refractivity contribution is -0.935. The third-order valence-electron chi connectivity index (χ3n) is 5.16. The molecule has 0 bridgehead atoms. The number of rotatable bonds is 7. The van der Waals surface area contributed by atoms with Crippen LogP contribution in [0.5, 0.6) is 11.5 Å². The van der Waals surface area contributed by atoms with Crippen molar-refractivity contribution in [3.05, 3.63) is 35.9 Å². The Balaban J connectivity index is 1.96. The van der Waals surface area contributed by atoms with Crippen LogP contribution in [0.2, 0.25) is 0 Å². The minimum atomic E-state index is -2.97. The first-order valence-electron chi connectivity index (χ1n) is 8.76. The molecule has 1 fully saturated rings. The highest BCUT2D eigenvalue weighted by molar-refractivity contribution is 7.91. The van der Waals surface area contributed by atoms with E-state index in [2.05, 4.69) is 0 Å². The van der Waals surface area contributed by atoms with Crippen LogP contribution < -0.4 is 9.64 Å². The molecule has 2 aromatic carbocycles. The molecule has 0 aliphatic carbocycles. The van der Waals surface area contributed by atoms with Crippen molar-refractivity contribution in [1.29, 1.82) is 0 Å². The number of fused-ring (bicyclic) bond motifs is 1. The van der Waals surface area contributed by atoms with Gasteiger partial charge in [0, 0.05) is 13.5 Å². The zero-order valence-corrected chi connectivity index (χ0v) is 16.0. The fourth-order valence-electron chi connectivity index (χ4n) is 3.68. The maximum Gasteiger partial charge on any atom is 0.156 e. The van der Waals surface area contributed by atoms with Crippen molar-refractivity contribution in [3.63, 3.8) is 0 Å². The molecule has 2 N–H and O–H groups in total. The molecular formula is C19H26NO5S+. The largest absolute Gasteiger partial charge is 0.507 e. The van der Waals surface area contributed by atoms with Crippen LogP contribution in [0.25, 0.3) is 10.8 Å². The number of methoxy groups -OCH3 is 2. The van der Waals surface area contributed by atoms with Crippen LogP contribution in [0.4, 0.5) is 0 Å². The van der Waals surface area contributed by atoms with Gasteiger partial charge in [-0.15, -0.1) is 0 Å². The molecule has 7 heteroatoms. The van der Waals surface area contributed by atoms with Gasteiger partial charge in [0.15, 0.2) is 9.84 Å². The zero-order valence-electron chi connectivity index (χ0n) is 15.2. The number of phenols is 1. The summed E-state index contributed by atoms with van der Waals surface area (Å²) in [5.74, 6) is 1.39. The summed E-state index contributed by atoms with van der Waals surface area (Å²) in [5.41, 5.74) is 0.816. The van der Waals surface area contributed by atoms with Crippen LogP contribution in [-0.4, -0.2) is 58.4 Å². The lowest BCUT2D eigenvalue weighted by Gasteiger charge is -2.26. The van der Waals surface area contributed by atoms with Crippen molar-refractivity contribution < 1.29 is 27.9 Å². The quantitative estimate of drug-likeness (QED) is 0.742. The highest BCUT2D eigenvalue weighted by atomic mass is 32.2. The molecule has 6 nitrogen and oxygen atoms in total. The molecule has 0 saturated carbocycles. The van der Waals surface area contributed by atoms with Crippen LogP contribution in [-0.2, 0) is 21.1 Å². The molecule has 2 atom stereocenters. The third-order valence-corrected chi connectivity index (χ3v) is 6.92. The van der Waals surface area contributed by atoms with Gasteiger partial charge in [0.05, 0.1) is 25.0 Å². The number of hydrogen-bond donors (Lipinski definition) is 2. The van der Waals surface area contributed by atoms with Crippen LogP contribution in [0.1, 0.15) is 12.0 Å². The Kier molecular flexibility index (Phi) is 5.70. The fraction of sp³-hybridized carbons (Fsp3) is 0.474. The van der Waals surface area contributed by atoms with E-state index in [1.54, 1.807) is 20.3 Å². The average Bonchev–Trinajstić information content (AvgIpc) is 2.99. The topological polar surface area (TPSA) is 77.3 Å². The minimum absolute atomic E-state index is 0.0235. The monoisotopic (exact) mass is 380 g/mol. The van der Waals surface area contributed by atoms with Gasteiger partial charge in [-0.05, 0) is 29.0 Å². The van der Waals surface area contributed by atoms with E-state index in [1.165, 1.54) is 0 Å². The van der Waals surface area contributed by atoms with E-state index in [0.29, 0.717) is 26.1 Å². The molecule has 2 aromatic rings. The Morgan fingerprint density at radius 2 is 2.00 bits per heavy atom. The van der Waals surface area contributed by atoms with E-state index in [0.717, 1.165) is 27.0 Å². The molecule has 0 amide bonds. The van der Waals surface area contributed by atoms with Gasteiger partial charge in [-0.1, -0.05) is 12.1 Å². The van der Waals surface area contributed by atoms with Gasteiger partial charge < -0.3 is 19.5 Å². The summed E-state index contributed by atoms with van der Waals surface area (Å²) in [6.07, 6.45) is 0.649. The Hall–Kier alpha value is -1.83. The Bertz CT molecular complexity index is 881. The molecule has 1 heterocycles. The van der Waals surface area contributed by atoms with E-state index in [9.17, 15) is 13.5 Å². The molecule has 26 heavy (non-hydrogen) atoms. The van der Waals surface area contributed by atoms with Gasteiger partial charge in [-0.2, -0.15) is 0 Å². The zero-order chi connectivity index (χ0) is 18.7. The summed E-state index contributed by atoms with van der Waals surface area (Å²) in [6.45, 7) is 1.77. The molecule has 0 spiro atoms. The van der Waals surface area contributed by atoms with E-state index >= 15 is 0 Å². The van der Waals surface area contributed by atoms with E-state index in [1.807, 2.05) is 24.3 Å². The lowest BCUT2D eigenvalue weighted by atomic mass is 10.0. The summed E-state index contributed by atoms with van der Waals surface area (Å²) < 4.78 is 34.4. The number of aromatic hydroxyl groups is 1. The second-order valence-electron chi connectivity index (χ2n) is 6.83. The molecule has 1 aliphatic rings. The van der Waals surface area contributed by atoms with Crippen molar-refractivity contribution in [3.8, 4) is 11.5 Å². The van der Waals surface area contributed by atoms with Gasteiger partial charge in [-0.3, -0.25) is 0 Å². The maximum absolute atomic E-state index is 11.9. The number of phenolic OH excluding ortho intramolecular Hbond substituents is 1. The minimum Gasteiger partial charge on any atom is -0.507 e. The number of benzene rings is 2. The first kappa shape index (κ1) is 18.9. The van der Waals surface area contributed by atoms with Crippen LogP contribution >= 0.6 is 0 Å². The first-order valence-corrected chi connectivity index (χ1v) is 10.6.